The second-order valence-corrected chi connectivity index (χ2v) is 2.99. The molecule has 1 aromatic rings. The topological polar surface area (TPSA) is 55.5 Å². The van der Waals surface area contributed by atoms with Crippen molar-refractivity contribution in [2.45, 2.75) is 12.5 Å². The summed E-state index contributed by atoms with van der Waals surface area (Å²) in [6, 6.07) is 7.51. The minimum Gasteiger partial charge on any atom is -0.497 e. The van der Waals surface area contributed by atoms with Gasteiger partial charge < -0.3 is 15.6 Å². The molecule has 0 amide bonds. The quantitative estimate of drug-likeness (QED) is 0.713. The van der Waals surface area contributed by atoms with Crippen molar-refractivity contribution in [1.29, 1.82) is 0 Å². The van der Waals surface area contributed by atoms with Crippen molar-refractivity contribution in [2.75, 3.05) is 13.7 Å². The Bertz CT molecular complexity index is 246. The Morgan fingerprint density at radius 2 is 2.00 bits per heavy atom. The summed E-state index contributed by atoms with van der Waals surface area (Å²) in [5.74, 6) is 0.835. The van der Waals surface area contributed by atoms with Gasteiger partial charge in [-0.3, -0.25) is 0 Å². The zero-order valence-electron chi connectivity index (χ0n) is 7.73. The number of hydrogen-bond acceptors (Lipinski definition) is 3. The van der Waals surface area contributed by atoms with E-state index in [-0.39, 0.29) is 12.6 Å². The number of aliphatic hydroxyl groups is 1. The summed E-state index contributed by atoms with van der Waals surface area (Å²) in [5, 5.41) is 8.75. The smallest absolute Gasteiger partial charge is 0.118 e. The van der Waals surface area contributed by atoms with Crippen LogP contribution in [0.1, 0.15) is 5.56 Å². The lowest BCUT2D eigenvalue weighted by Crippen LogP contribution is -2.26. The van der Waals surface area contributed by atoms with Crippen LogP contribution in [0.15, 0.2) is 24.3 Å². The minimum atomic E-state index is -0.173. The van der Waals surface area contributed by atoms with Crippen LogP contribution < -0.4 is 10.5 Å². The molecule has 1 aromatic carbocycles. The van der Waals surface area contributed by atoms with Gasteiger partial charge in [0.25, 0.3) is 0 Å². The van der Waals surface area contributed by atoms with Gasteiger partial charge in [-0.2, -0.15) is 0 Å². The van der Waals surface area contributed by atoms with E-state index in [1.807, 2.05) is 24.3 Å². The van der Waals surface area contributed by atoms with Crippen LogP contribution >= 0.6 is 0 Å². The molecular weight excluding hydrogens is 166 g/mol. The molecule has 0 bridgehead atoms. The van der Waals surface area contributed by atoms with Crippen molar-refractivity contribution in [1.82, 2.24) is 0 Å². The molecule has 13 heavy (non-hydrogen) atoms. The van der Waals surface area contributed by atoms with Gasteiger partial charge in [-0.15, -0.1) is 0 Å². The highest BCUT2D eigenvalue weighted by Gasteiger charge is 2.01. The summed E-state index contributed by atoms with van der Waals surface area (Å²) in [5.41, 5.74) is 6.71. The predicted octanol–water partition coefficient (Wildman–Crippen LogP) is 0.557. The number of methoxy groups -OCH3 is 1. The molecule has 3 nitrogen and oxygen atoms in total. The highest BCUT2D eigenvalue weighted by molar-refractivity contribution is 5.27. The number of aliphatic hydroxyl groups excluding tert-OH is 1. The fourth-order valence-electron chi connectivity index (χ4n) is 1.13. The first-order chi connectivity index (χ1) is 6.26. The molecule has 0 saturated carbocycles. The van der Waals surface area contributed by atoms with Crippen LogP contribution in [0.2, 0.25) is 0 Å². The van der Waals surface area contributed by atoms with E-state index in [0.717, 1.165) is 11.3 Å². The maximum absolute atomic E-state index is 8.75. The Balaban J connectivity index is 2.58. The number of rotatable bonds is 4. The standard InChI is InChI=1S/C10H15NO2/c1-13-10-4-2-8(3-5-10)6-9(11)7-12/h2-5,9,12H,6-7,11H2,1H3. The monoisotopic (exact) mass is 181 g/mol. The Hall–Kier alpha value is -1.06. The van der Waals surface area contributed by atoms with Crippen LogP contribution in [0.3, 0.4) is 0 Å². The third kappa shape index (κ3) is 3.05. The highest BCUT2D eigenvalue weighted by Crippen LogP contribution is 2.11. The van der Waals surface area contributed by atoms with E-state index in [9.17, 15) is 0 Å². The van der Waals surface area contributed by atoms with Crippen LogP contribution in [-0.4, -0.2) is 24.9 Å². The molecule has 0 aliphatic carbocycles. The molecule has 1 atom stereocenters. The molecule has 0 radical (unpaired) electrons. The summed E-state index contributed by atoms with van der Waals surface area (Å²) in [7, 11) is 1.63. The van der Waals surface area contributed by atoms with Gasteiger partial charge in [0.2, 0.25) is 0 Å². The zero-order chi connectivity index (χ0) is 9.68. The minimum absolute atomic E-state index is 0.0199. The normalized spacial score (nSPS) is 12.5. The van der Waals surface area contributed by atoms with Crippen molar-refractivity contribution in [3.63, 3.8) is 0 Å². The molecule has 0 aliphatic heterocycles. The number of ether oxygens (including phenoxy) is 1. The van der Waals surface area contributed by atoms with Crippen molar-refractivity contribution in [3.05, 3.63) is 29.8 Å². The number of nitrogens with two attached hydrogens (primary N) is 1. The van der Waals surface area contributed by atoms with Gasteiger partial charge in [0.1, 0.15) is 5.75 Å². The SMILES string of the molecule is COc1ccc(CC(N)CO)cc1. The van der Waals surface area contributed by atoms with Crippen molar-refractivity contribution < 1.29 is 9.84 Å². The van der Waals surface area contributed by atoms with Crippen LogP contribution in [-0.2, 0) is 6.42 Å². The Kier molecular flexibility index (Phi) is 3.73. The molecular formula is C10H15NO2. The summed E-state index contributed by atoms with van der Waals surface area (Å²) >= 11 is 0. The van der Waals surface area contributed by atoms with Gasteiger partial charge in [0.15, 0.2) is 0 Å². The molecule has 72 valence electrons. The lowest BCUT2D eigenvalue weighted by Gasteiger charge is -2.08. The maximum atomic E-state index is 8.75. The molecule has 0 spiro atoms. The van der Waals surface area contributed by atoms with Gasteiger partial charge in [-0.1, -0.05) is 12.1 Å². The number of benzene rings is 1. The molecule has 0 aromatic heterocycles. The van der Waals surface area contributed by atoms with Crippen LogP contribution in [0.25, 0.3) is 0 Å². The summed E-state index contributed by atoms with van der Waals surface area (Å²) < 4.78 is 5.02. The largest absolute Gasteiger partial charge is 0.497 e. The fourth-order valence-corrected chi connectivity index (χ4v) is 1.13. The Morgan fingerprint density at radius 3 is 2.46 bits per heavy atom. The molecule has 0 aliphatic rings. The average Bonchev–Trinajstić information content (AvgIpc) is 2.19. The van der Waals surface area contributed by atoms with E-state index >= 15 is 0 Å². The fraction of sp³-hybridized carbons (Fsp3) is 0.400. The lowest BCUT2D eigenvalue weighted by atomic mass is 10.1. The number of hydrogen-bond donors (Lipinski definition) is 2. The first-order valence-corrected chi connectivity index (χ1v) is 4.25. The van der Waals surface area contributed by atoms with Crippen LogP contribution in [0.5, 0.6) is 5.75 Å². The Morgan fingerprint density at radius 1 is 1.38 bits per heavy atom. The van der Waals surface area contributed by atoms with Crippen LogP contribution in [0, 0.1) is 0 Å². The van der Waals surface area contributed by atoms with Crippen molar-refractivity contribution in [2.24, 2.45) is 5.73 Å². The molecule has 0 heterocycles. The lowest BCUT2D eigenvalue weighted by molar-refractivity contribution is 0.265. The third-order valence-corrected chi connectivity index (χ3v) is 1.89. The molecule has 3 heteroatoms. The van der Waals surface area contributed by atoms with E-state index in [4.69, 9.17) is 15.6 Å². The van der Waals surface area contributed by atoms with Crippen molar-refractivity contribution in [3.8, 4) is 5.75 Å². The van der Waals surface area contributed by atoms with E-state index in [1.165, 1.54) is 0 Å². The average molecular weight is 181 g/mol. The first kappa shape index (κ1) is 10.0. The van der Waals surface area contributed by atoms with Crippen molar-refractivity contribution >= 4 is 0 Å². The molecule has 1 unspecified atom stereocenters. The summed E-state index contributed by atoms with van der Waals surface area (Å²) in [6.45, 7) is 0.0199. The Labute approximate surface area is 78.1 Å². The van der Waals surface area contributed by atoms with Crippen LogP contribution in [0.4, 0.5) is 0 Å². The predicted molar refractivity (Wildman–Crippen MR) is 51.8 cm³/mol. The van der Waals surface area contributed by atoms with Gasteiger partial charge in [0, 0.05) is 6.04 Å². The van der Waals surface area contributed by atoms with Gasteiger partial charge in [-0.05, 0) is 24.1 Å². The zero-order valence-corrected chi connectivity index (χ0v) is 7.73. The van der Waals surface area contributed by atoms with E-state index in [1.54, 1.807) is 7.11 Å². The van der Waals surface area contributed by atoms with E-state index < -0.39 is 0 Å². The summed E-state index contributed by atoms with van der Waals surface area (Å²) in [6.07, 6.45) is 0.695. The molecule has 1 rings (SSSR count). The van der Waals surface area contributed by atoms with Gasteiger partial charge >= 0.3 is 0 Å². The first-order valence-electron chi connectivity index (χ1n) is 4.25. The highest BCUT2D eigenvalue weighted by atomic mass is 16.5. The van der Waals surface area contributed by atoms with Gasteiger partial charge in [-0.25, -0.2) is 0 Å². The van der Waals surface area contributed by atoms with Gasteiger partial charge in [0.05, 0.1) is 13.7 Å². The molecule has 0 saturated heterocycles. The van der Waals surface area contributed by atoms with E-state index in [2.05, 4.69) is 0 Å². The molecule has 0 fully saturated rings. The van der Waals surface area contributed by atoms with E-state index in [0.29, 0.717) is 6.42 Å². The summed E-state index contributed by atoms with van der Waals surface area (Å²) in [4.78, 5) is 0. The maximum Gasteiger partial charge on any atom is 0.118 e. The molecule has 3 N–H and O–H groups in total. The second kappa shape index (κ2) is 4.84. The third-order valence-electron chi connectivity index (χ3n) is 1.89. The second-order valence-electron chi connectivity index (χ2n) is 2.99.